The largest absolute Gasteiger partial charge is 0.376 e. The Morgan fingerprint density at radius 2 is 1.88 bits per heavy atom. The van der Waals surface area contributed by atoms with Crippen LogP contribution in [0.25, 0.3) is 10.9 Å². The monoisotopic (exact) mass is 473 g/mol. The van der Waals surface area contributed by atoms with E-state index in [2.05, 4.69) is 87.2 Å². The van der Waals surface area contributed by atoms with Crippen molar-refractivity contribution >= 4 is 22.7 Å². The number of aryl methyl sites for hydroxylation is 1. The molecule has 4 aromatic rings. The van der Waals surface area contributed by atoms with Gasteiger partial charge in [0.15, 0.2) is 5.16 Å². The zero-order valence-corrected chi connectivity index (χ0v) is 20.7. The smallest absolute Gasteiger partial charge is 0.191 e. The van der Waals surface area contributed by atoms with Crippen molar-refractivity contribution in [1.82, 2.24) is 24.6 Å². The van der Waals surface area contributed by atoms with Crippen molar-refractivity contribution in [3.63, 3.8) is 0 Å². The number of hydrogen-bond acceptors (Lipinski definition) is 6. The van der Waals surface area contributed by atoms with Crippen LogP contribution < -0.4 is 0 Å². The molecule has 2 aromatic carbocycles. The van der Waals surface area contributed by atoms with E-state index in [0.29, 0.717) is 6.54 Å². The summed E-state index contributed by atoms with van der Waals surface area (Å²) in [6.45, 7) is 5.33. The van der Waals surface area contributed by atoms with Crippen LogP contribution >= 0.6 is 11.8 Å². The van der Waals surface area contributed by atoms with Crippen LogP contribution in [0.2, 0.25) is 0 Å². The zero-order valence-electron chi connectivity index (χ0n) is 19.9. The molecule has 5 rings (SSSR count). The van der Waals surface area contributed by atoms with Crippen molar-refractivity contribution < 1.29 is 4.74 Å². The Morgan fingerprint density at radius 1 is 1.03 bits per heavy atom. The molecule has 0 saturated carbocycles. The van der Waals surface area contributed by atoms with Crippen molar-refractivity contribution in [2.75, 3.05) is 13.7 Å². The van der Waals surface area contributed by atoms with E-state index in [-0.39, 0.29) is 6.10 Å². The van der Waals surface area contributed by atoms with Gasteiger partial charge in [-0.25, -0.2) is 0 Å². The fraction of sp³-hybridized carbons (Fsp3) is 0.370. The quantitative estimate of drug-likeness (QED) is 0.310. The second kappa shape index (κ2) is 10.7. The molecule has 3 heterocycles. The highest BCUT2D eigenvalue weighted by molar-refractivity contribution is 7.98. The lowest BCUT2D eigenvalue weighted by atomic mass is 10.1. The van der Waals surface area contributed by atoms with Crippen molar-refractivity contribution in [1.29, 1.82) is 0 Å². The molecule has 6 nitrogen and oxygen atoms in total. The molecule has 1 aliphatic rings. The minimum absolute atomic E-state index is 0.236. The SMILES string of the molecule is Cc1ccccc1CSc1nnc(CN(C)Cc2cccc3cccnc23)n1C[C@H]1CCCO1. The van der Waals surface area contributed by atoms with E-state index >= 15 is 0 Å². The van der Waals surface area contributed by atoms with Crippen LogP contribution in [0.3, 0.4) is 0 Å². The van der Waals surface area contributed by atoms with Gasteiger partial charge in [0.2, 0.25) is 0 Å². The Hall–Kier alpha value is -2.74. The molecule has 1 saturated heterocycles. The average molecular weight is 474 g/mol. The standard InChI is InChI=1S/C27H31N5OS/c1-20-8-3-4-9-23(20)19-34-27-30-29-25(32(27)17-24-13-7-15-33-24)18-31(2)16-22-11-5-10-21-12-6-14-28-26(21)22/h3-6,8-12,14,24H,7,13,15-19H2,1-2H3/t24-/m1/s1. The minimum atomic E-state index is 0.236. The Morgan fingerprint density at radius 3 is 2.74 bits per heavy atom. The van der Waals surface area contributed by atoms with Gasteiger partial charge >= 0.3 is 0 Å². The third-order valence-electron chi connectivity index (χ3n) is 6.39. The van der Waals surface area contributed by atoms with E-state index < -0.39 is 0 Å². The first kappa shape index (κ1) is 23.0. The molecule has 7 heteroatoms. The minimum Gasteiger partial charge on any atom is -0.376 e. The highest BCUT2D eigenvalue weighted by atomic mass is 32.2. The number of nitrogens with zero attached hydrogens (tertiary/aromatic N) is 5. The van der Waals surface area contributed by atoms with Crippen LogP contribution in [0.1, 0.15) is 35.4 Å². The van der Waals surface area contributed by atoms with E-state index in [9.17, 15) is 0 Å². The Bertz CT molecular complexity index is 1250. The summed E-state index contributed by atoms with van der Waals surface area (Å²) >= 11 is 1.76. The molecule has 0 bridgehead atoms. The first-order chi connectivity index (χ1) is 16.7. The van der Waals surface area contributed by atoms with Gasteiger partial charge in [-0.05, 0) is 49.6 Å². The lowest BCUT2D eigenvalue weighted by Crippen LogP contribution is -2.23. The lowest BCUT2D eigenvalue weighted by Gasteiger charge is -2.19. The second-order valence-electron chi connectivity index (χ2n) is 9.02. The van der Waals surface area contributed by atoms with Crippen molar-refractivity contribution in [3.8, 4) is 0 Å². The van der Waals surface area contributed by atoms with E-state index in [1.54, 1.807) is 11.8 Å². The van der Waals surface area contributed by atoms with E-state index in [4.69, 9.17) is 4.74 Å². The molecule has 0 unspecified atom stereocenters. The number of aromatic nitrogens is 4. The van der Waals surface area contributed by atoms with Gasteiger partial charge in [-0.3, -0.25) is 9.88 Å². The van der Waals surface area contributed by atoms with Gasteiger partial charge in [0.25, 0.3) is 0 Å². The highest BCUT2D eigenvalue weighted by Crippen LogP contribution is 2.26. The maximum atomic E-state index is 5.96. The summed E-state index contributed by atoms with van der Waals surface area (Å²) in [5.41, 5.74) is 4.93. The number of thioether (sulfide) groups is 1. The zero-order chi connectivity index (χ0) is 23.3. The summed E-state index contributed by atoms with van der Waals surface area (Å²) in [6.07, 6.45) is 4.32. The van der Waals surface area contributed by atoms with Gasteiger partial charge in [-0.1, -0.05) is 60.3 Å². The van der Waals surface area contributed by atoms with Crippen molar-refractivity contribution in [3.05, 3.63) is 83.3 Å². The molecule has 0 N–H and O–H groups in total. The topological polar surface area (TPSA) is 56.1 Å². The molecular weight excluding hydrogens is 442 g/mol. The fourth-order valence-corrected chi connectivity index (χ4v) is 5.56. The number of fused-ring (bicyclic) bond motifs is 1. The van der Waals surface area contributed by atoms with Gasteiger partial charge < -0.3 is 9.30 Å². The molecule has 1 aliphatic heterocycles. The Kier molecular flexibility index (Phi) is 7.23. The molecular formula is C27H31N5OS. The van der Waals surface area contributed by atoms with Gasteiger partial charge in [0.1, 0.15) is 5.82 Å². The Labute approximate surface area is 205 Å². The van der Waals surface area contributed by atoms with Crippen LogP contribution in [0, 0.1) is 6.92 Å². The number of para-hydroxylation sites is 1. The van der Waals surface area contributed by atoms with E-state index in [0.717, 1.165) is 54.8 Å². The molecule has 0 amide bonds. The van der Waals surface area contributed by atoms with Crippen LogP contribution in [0.4, 0.5) is 0 Å². The maximum absolute atomic E-state index is 5.96. The first-order valence-electron chi connectivity index (χ1n) is 11.9. The number of rotatable bonds is 9. The number of benzene rings is 2. The number of hydrogen-bond donors (Lipinski definition) is 0. The second-order valence-corrected chi connectivity index (χ2v) is 9.97. The summed E-state index contributed by atoms with van der Waals surface area (Å²) in [7, 11) is 2.13. The number of pyridine rings is 1. The van der Waals surface area contributed by atoms with E-state index in [1.165, 1.54) is 22.1 Å². The Balaban J connectivity index is 1.34. The molecule has 2 aromatic heterocycles. The molecule has 34 heavy (non-hydrogen) atoms. The normalized spacial score (nSPS) is 16.0. The highest BCUT2D eigenvalue weighted by Gasteiger charge is 2.22. The van der Waals surface area contributed by atoms with Crippen LogP contribution in [0.15, 0.2) is 66.0 Å². The maximum Gasteiger partial charge on any atom is 0.191 e. The third-order valence-corrected chi connectivity index (χ3v) is 7.41. The van der Waals surface area contributed by atoms with Gasteiger partial charge in [0, 0.05) is 30.5 Å². The van der Waals surface area contributed by atoms with Crippen LogP contribution in [-0.2, 0) is 30.1 Å². The molecule has 1 fully saturated rings. The van der Waals surface area contributed by atoms with Crippen molar-refractivity contribution in [2.24, 2.45) is 0 Å². The summed E-state index contributed by atoms with van der Waals surface area (Å²) < 4.78 is 8.23. The van der Waals surface area contributed by atoms with Gasteiger partial charge in [-0.15, -0.1) is 10.2 Å². The first-order valence-corrected chi connectivity index (χ1v) is 12.9. The predicted octanol–water partition coefficient (Wildman–Crippen LogP) is 5.24. The summed E-state index contributed by atoms with van der Waals surface area (Å²) in [5.74, 6) is 1.87. The summed E-state index contributed by atoms with van der Waals surface area (Å²) in [4.78, 5) is 6.90. The fourth-order valence-electron chi connectivity index (χ4n) is 4.52. The van der Waals surface area contributed by atoms with Gasteiger partial charge in [-0.2, -0.15) is 0 Å². The third kappa shape index (κ3) is 5.32. The van der Waals surface area contributed by atoms with Crippen molar-refractivity contribution in [2.45, 2.75) is 56.4 Å². The molecule has 1 atom stereocenters. The number of ether oxygens (including phenoxy) is 1. The van der Waals surface area contributed by atoms with Gasteiger partial charge in [0.05, 0.1) is 24.7 Å². The lowest BCUT2D eigenvalue weighted by molar-refractivity contribution is 0.0934. The van der Waals surface area contributed by atoms with Crippen LogP contribution in [-0.4, -0.2) is 44.4 Å². The predicted molar refractivity (Wildman–Crippen MR) is 137 cm³/mol. The van der Waals surface area contributed by atoms with Crippen LogP contribution in [0.5, 0.6) is 0 Å². The molecule has 0 spiro atoms. The van der Waals surface area contributed by atoms with E-state index in [1.807, 2.05) is 12.3 Å². The summed E-state index contributed by atoms with van der Waals surface area (Å²) in [6, 6.07) is 19.0. The molecule has 0 aliphatic carbocycles. The molecule has 0 radical (unpaired) electrons. The molecule has 176 valence electrons. The average Bonchev–Trinajstić information content (AvgIpc) is 3.50. The summed E-state index contributed by atoms with van der Waals surface area (Å²) in [5, 5.41) is 11.3.